The molecule has 0 aliphatic carbocycles. The molecule has 1 rings (SSSR count). The Balaban J connectivity index is 2.74. The molecule has 0 saturated carbocycles. The Morgan fingerprint density at radius 3 is 2.73 bits per heavy atom. The number of carbonyl (C=O) groups is 1. The highest BCUT2D eigenvalue weighted by molar-refractivity contribution is 5.94. The lowest BCUT2D eigenvalue weighted by molar-refractivity contribution is 0.0776. The summed E-state index contributed by atoms with van der Waals surface area (Å²) in [5.74, 6) is -1.87. The fourth-order valence-electron chi connectivity index (χ4n) is 0.903. The van der Waals surface area contributed by atoms with Crippen molar-refractivity contribution < 1.29 is 18.0 Å². The van der Waals surface area contributed by atoms with E-state index < -0.39 is 24.3 Å². The molecule has 0 saturated heterocycles. The molecule has 1 atom stereocenters. The number of nitrogens with zero attached hydrogens (tertiary/aromatic N) is 1. The maximum absolute atomic E-state index is 12.9. The van der Waals surface area contributed by atoms with Crippen LogP contribution >= 0.6 is 0 Å². The molecule has 0 fully saturated rings. The van der Waals surface area contributed by atoms with Gasteiger partial charge in [0.25, 0.3) is 12.3 Å². The fraction of sp³-hybridized carbons (Fsp3) is 0.333. The summed E-state index contributed by atoms with van der Waals surface area (Å²) in [6.07, 6.45) is -1.52. The number of nitrogens with one attached hydrogen (secondary N) is 1. The smallest absolute Gasteiger partial charge is 0.258 e. The first kappa shape index (κ1) is 11.5. The first-order chi connectivity index (χ1) is 7.02. The molecule has 1 aromatic rings. The van der Waals surface area contributed by atoms with E-state index in [-0.39, 0.29) is 5.56 Å². The molecule has 0 aliphatic heterocycles. The number of hydrogen-bond acceptors (Lipinski definition) is 2. The van der Waals surface area contributed by atoms with Gasteiger partial charge in [0.2, 0.25) is 5.95 Å². The van der Waals surface area contributed by atoms with Crippen LogP contribution in [0.25, 0.3) is 0 Å². The van der Waals surface area contributed by atoms with E-state index in [1.807, 2.05) is 5.32 Å². The third-order valence-corrected chi connectivity index (χ3v) is 1.74. The standard InChI is InChI=1S/C9H9F3N2O/c1-5(7(10)11)14-9(15)6-3-2-4-13-8(6)12/h2-5,7H,1H3,(H,14,15). The van der Waals surface area contributed by atoms with Crippen molar-refractivity contribution in [2.45, 2.75) is 19.4 Å². The molecule has 6 heteroatoms. The number of amides is 1. The van der Waals surface area contributed by atoms with Crippen molar-refractivity contribution in [3.05, 3.63) is 29.8 Å². The van der Waals surface area contributed by atoms with Gasteiger partial charge in [-0.1, -0.05) is 0 Å². The molecule has 15 heavy (non-hydrogen) atoms. The number of pyridine rings is 1. The number of alkyl halides is 2. The minimum atomic E-state index is -2.69. The summed E-state index contributed by atoms with van der Waals surface area (Å²) in [5, 5.41) is 1.97. The highest BCUT2D eigenvalue weighted by Gasteiger charge is 2.19. The molecule has 1 aromatic heterocycles. The van der Waals surface area contributed by atoms with Crippen molar-refractivity contribution in [2.24, 2.45) is 0 Å². The molecular weight excluding hydrogens is 209 g/mol. The molecule has 0 aliphatic rings. The summed E-state index contributed by atoms with van der Waals surface area (Å²) < 4.78 is 37.1. The molecule has 3 nitrogen and oxygen atoms in total. The lowest BCUT2D eigenvalue weighted by Crippen LogP contribution is -2.38. The minimum absolute atomic E-state index is 0.343. The van der Waals surface area contributed by atoms with Crippen LogP contribution in [0.4, 0.5) is 13.2 Å². The number of rotatable bonds is 3. The van der Waals surface area contributed by atoms with Crippen LogP contribution < -0.4 is 5.32 Å². The Kier molecular flexibility index (Phi) is 3.65. The molecule has 0 bridgehead atoms. The van der Waals surface area contributed by atoms with Crippen LogP contribution in [-0.2, 0) is 0 Å². The maximum Gasteiger partial charge on any atom is 0.258 e. The third-order valence-electron chi connectivity index (χ3n) is 1.74. The van der Waals surface area contributed by atoms with Crippen molar-refractivity contribution in [1.29, 1.82) is 0 Å². The summed E-state index contributed by atoms with van der Waals surface area (Å²) in [4.78, 5) is 14.5. The topological polar surface area (TPSA) is 42.0 Å². The lowest BCUT2D eigenvalue weighted by atomic mass is 10.2. The fourth-order valence-corrected chi connectivity index (χ4v) is 0.903. The van der Waals surface area contributed by atoms with Gasteiger partial charge < -0.3 is 5.32 Å². The zero-order valence-electron chi connectivity index (χ0n) is 7.88. The van der Waals surface area contributed by atoms with Crippen LogP contribution in [0, 0.1) is 5.95 Å². The Labute approximate surface area is 84.3 Å². The van der Waals surface area contributed by atoms with Crippen LogP contribution in [0.3, 0.4) is 0 Å². The third kappa shape index (κ3) is 2.93. The van der Waals surface area contributed by atoms with Gasteiger partial charge in [-0.2, -0.15) is 4.39 Å². The predicted molar refractivity (Wildman–Crippen MR) is 47.1 cm³/mol. The van der Waals surface area contributed by atoms with Crippen molar-refractivity contribution in [3.63, 3.8) is 0 Å². The Bertz CT molecular complexity index is 357. The van der Waals surface area contributed by atoms with Gasteiger partial charge in [-0.05, 0) is 19.1 Å². The summed E-state index contributed by atoms with van der Waals surface area (Å²) in [6, 6.07) is 1.21. The van der Waals surface area contributed by atoms with Gasteiger partial charge in [-0.15, -0.1) is 0 Å². The van der Waals surface area contributed by atoms with Gasteiger partial charge in [0.1, 0.15) is 0 Å². The second kappa shape index (κ2) is 4.77. The second-order valence-corrected chi connectivity index (χ2v) is 2.94. The molecule has 1 heterocycles. The molecule has 1 N–H and O–H groups in total. The molecule has 82 valence electrons. The normalized spacial score (nSPS) is 12.6. The predicted octanol–water partition coefficient (Wildman–Crippen LogP) is 1.60. The van der Waals surface area contributed by atoms with E-state index in [1.54, 1.807) is 0 Å². The number of aromatic nitrogens is 1. The van der Waals surface area contributed by atoms with Crippen molar-refractivity contribution in [2.75, 3.05) is 0 Å². The highest BCUT2D eigenvalue weighted by atomic mass is 19.3. The van der Waals surface area contributed by atoms with Crippen LogP contribution in [0.1, 0.15) is 17.3 Å². The Morgan fingerprint density at radius 2 is 2.20 bits per heavy atom. The minimum Gasteiger partial charge on any atom is -0.344 e. The Morgan fingerprint density at radius 1 is 1.53 bits per heavy atom. The molecule has 1 amide bonds. The second-order valence-electron chi connectivity index (χ2n) is 2.94. The quantitative estimate of drug-likeness (QED) is 0.783. The van der Waals surface area contributed by atoms with E-state index in [9.17, 15) is 18.0 Å². The van der Waals surface area contributed by atoms with Crippen molar-refractivity contribution in [3.8, 4) is 0 Å². The van der Waals surface area contributed by atoms with Crippen LogP contribution in [0.15, 0.2) is 18.3 Å². The van der Waals surface area contributed by atoms with Gasteiger partial charge in [0.15, 0.2) is 0 Å². The summed E-state index contributed by atoms with van der Waals surface area (Å²) >= 11 is 0. The zero-order chi connectivity index (χ0) is 11.4. The largest absolute Gasteiger partial charge is 0.344 e. The van der Waals surface area contributed by atoms with Crippen LogP contribution in [0.2, 0.25) is 0 Å². The van der Waals surface area contributed by atoms with E-state index in [1.165, 1.54) is 18.3 Å². The zero-order valence-corrected chi connectivity index (χ0v) is 7.88. The molecule has 1 unspecified atom stereocenters. The maximum atomic E-state index is 12.9. The van der Waals surface area contributed by atoms with Gasteiger partial charge in [-0.3, -0.25) is 4.79 Å². The van der Waals surface area contributed by atoms with E-state index in [0.29, 0.717) is 0 Å². The summed E-state index contributed by atoms with van der Waals surface area (Å²) in [7, 11) is 0. The molecular formula is C9H9F3N2O. The Hall–Kier alpha value is -1.59. The highest BCUT2D eigenvalue weighted by Crippen LogP contribution is 2.05. The SMILES string of the molecule is CC(NC(=O)c1cccnc1F)C(F)F. The van der Waals surface area contributed by atoms with Gasteiger partial charge in [0.05, 0.1) is 11.6 Å². The first-order valence-corrected chi connectivity index (χ1v) is 4.22. The number of hydrogen-bond donors (Lipinski definition) is 1. The lowest BCUT2D eigenvalue weighted by Gasteiger charge is -2.12. The van der Waals surface area contributed by atoms with E-state index in [2.05, 4.69) is 4.98 Å². The van der Waals surface area contributed by atoms with Crippen molar-refractivity contribution in [1.82, 2.24) is 10.3 Å². The first-order valence-electron chi connectivity index (χ1n) is 4.22. The number of halogens is 3. The van der Waals surface area contributed by atoms with Gasteiger partial charge in [-0.25, -0.2) is 13.8 Å². The van der Waals surface area contributed by atoms with Crippen LogP contribution in [-0.4, -0.2) is 23.4 Å². The summed E-state index contributed by atoms with van der Waals surface area (Å²) in [5.41, 5.74) is -0.343. The van der Waals surface area contributed by atoms with Gasteiger partial charge >= 0.3 is 0 Å². The van der Waals surface area contributed by atoms with Crippen molar-refractivity contribution >= 4 is 5.91 Å². The van der Waals surface area contributed by atoms with Crippen LogP contribution in [0.5, 0.6) is 0 Å². The number of carbonyl (C=O) groups excluding carboxylic acids is 1. The van der Waals surface area contributed by atoms with E-state index in [4.69, 9.17) is 0 Å². The van der Waals surface area contributed by atoms with E-state index in [0.717, 1.165) is 6.92 Å². The molecule has 0 radical (unpaired) electrons. The molecule has 0 aromatic carbocycles. The average Bonchev–Trinajstić information content (AvgIpc) is 2.18. The average molecular weight is 218 g/mol. The van der Waals surface area contributed by atoms with E-state index >= 15 is 0 Å². The molecule has 0 spiro atoms. The summed E-state index contributed by atoms with van der Waals surface area (Å²) in [6.45, 7) is 1.14. The monoisotopic (exact) mass is 218 g/mol. The van der Waals surface area contributed by atoms with Gasteiger partial charge in [0, 0.05) is 6.20 Å².